The molecule has 0 spiro atoms. The summed E-state index contributed by atoms with van der Waals surface area (Å²) in [5, 5.41) is 6.39. The molecule has 1 saturated heterocycles. The van der Waals surface area contributed by atoms with Crippen LogP contribution in [0.25, 0.3) is 0 Å². The van der Waals surface area contributed by atoms with E-state index in [4.69, 9.17) is 0 Å². The maximum atomic E-state index is 12.3. The molecular formula is C16H25N3O. The normalized spacial score (nSPS) is 21.2. The van der Waals surface area contributed by atoms with Crippen LogP contribution in [0.1, 0.15) is 26.2 Å². The van der Waals surface area contributed by atoms with Gasteiger partial charge in [-0.25, -0.2) is 0 Å². The Morgan fingerprint density at radius 2 is 2.05 bits per heavy atom. The molecule has 1 fully saturated rings. The zero-order valence-electron chi connectivity index (χ0n) is 12.4. The van der Waals surface area contributed by atoms with Crippen LogP contribution in [-0.4, -0.2) is 43.0 Å². The number of para-hydroxylation sites is 1. The Balaban J connectivity index is 1.91. The van der Waals surface area contributed by atoms with Crippen molar-refractivity contribution >= 4 is 11.6 Å². The molecule has 110 valence electrons. The zero-order chi connectivity index (χ0) is 14.4. The van der Waals surface area contributed by atoms with Crippen molar-refractivity contribution in [3.05, 3.63) is 30.3 Å². The number of hydrogen-bond donors (Lipinski definition) is 2. The van der Waals surface area contributed by atoms with E-state index in [-0.39, 0.29) is 11.9 Å². The second kappa shape index (κ2) is 7.41. The van der Waals surface area contributed by atoms with Crippen molar-refractivity contribution in [3.8, 4) is 0 Å². The van der Waals surface area contributed by atoms with Crippen molar-refractivity contribution in [2.75, 3.05) is 25.5 Å². The molecule has 2 unspecified atom stereocenters. The first kappa shape index (κ1) is 15.0. The van der Waals surface area contributed by atoms with Crippen LogP contribution in [0.15, 0.2) is 30.3 Å². The van der Waals surface area contributed by atoms with Gasteiger partial charge in [-0.1, -0.05) is 18.2 Å². The molecule has 2 rings (SSSR count). The van der Waals surface area contributed by atoms with E-state index in [0.29, 0.717) is 6.04 Å². The van der Waals surface area contributed by atoms with Crippen LogP contribution in [-0.2, 0) is 4.79 Å². The fourth-order valence-electron chi connectivity index (χ4n) is 2.68. The van der Waals surface area contributed by atoms with Gasteiger partial charge in [0.05, 0.1) is 6.04 Å². The number of nitrogens with one attached hydrogen (secondary N) is 2. The minimum atomic E-state index is -0.113. The third-order valence-electron chi connectivity index (χ3n) is 4.15. The van der Waals surface area contributed by atoms with E-state index < -0.39 is 0 Å². The highest BCUT2D eigenvalue weighted by Crippen LogP contribution is 2.15. The van der Waals surface area contributed by atoms with Crippen molar-refractivity contribution in [1.29, 1.82) is 0 Å². The summed E-state index contributed by atoms with van der Waals surface area (Å²) in [4.78, 5) is 14.5. The van der Waals surface area contributed by atoms with Gasteiger partial charge in [0, 0.05) is 11.7 Å². The molecule has 0 aliphatic carbocycles. The van der Waals surface area contributed by atoms with Crippen LogP contribution < -0.4 is 10.6 Å². The van der Waals surface area contributed by atoms with Crippen molar-refractivity contribution < 1.29 is 4.79 Å². The molecule has 4 heteroatoms. The van der Waals surface area contributed by atoms with E-state index >= 15 is 0 Å². The number of carbonyl (C=O) groups excluding carboxylic acids is 1. The van der Waals surface area contributed by atoms with Crippen molar-refractivity contribution in [2.45, 2.75) is 38.3 Å². The van der Waals surface area contributed by atoms with Gasteiger partial charge in [0.1, 0.15) is 0 Å². The summed E-state index contributed by atoms with van der Waals surface area (Å²) >= 11 is 0. The SMILES string of the molecule is CC(C(=O)Nc1ccccc1)N(C)C1CCCNCC1. The maximum Gasteiger partial charge on any atom is 0.241 e. The predicted octanol–water partition coefficient (Wildman–Crippen LogP) is 2.09. The van der Waals surface area contributed by atoms with Crippen molar-refractivity contribution in [1.82, 2.24) is 10.2 Å². The number of amides is 1. The van der Waals surface area contributed by atoms with Gasteiger partial charge in [0.15, 0.2) is 0 Å². The number of rotatable bonds is 4. The van der Waals surface area contributed by atoms with Crippen molar-refractivity contribution in [3.63, 3.8) is 0 Å². The topological polar surface area (TPSA) is 44.4 Å². The summed E-state index contributed by atoms with van der Waals surface area (Å²) in [6.07, 6.45) is 3.45. The molecule has 0 radical (unpaired) electrons. The standard InChI is InChI=1S/C16H25N3O/c1-13(16(20)18-14-7-4-3-5-8-14)19(2)15-9-6-11-17-12-10-15/h3-5,7-8,13,15,17H,6,9-12H2,1-2H3,(H,18,20). The van der Waals surface area contributed by atoms with Gasteiger partial charge < -0.3 is 10.6 Å². The number of hydrogen-bond acceptors (Lipinski definition) is 3. The van der Waals surface area contributed by atoms with E-state index in [0.717, 1.165) is 31.6 Å². The van der Waals surface area contributed by atoms with Crippen LogP contribution >= 0.6 is 0 Å². The smallest absolute Gasteiger partial charge is 0.241 e. The minimum Gasteiger partial charge on any atom is -0.325 e. The molecule has 1 aliphatic rings. The van der Waals surface area contributed by atoms with Crippen LogP contribution in [0.3, 0.4) is 0 Å². The number of benzene rings is 1. The average Bonchev–Trinajstić information content (AvgIpc) is 2.75. The molecule has 0 saturated carbocycles. The molecule has 1 aromatic carbocycles. The zero-order valence-corrected chi connectivity index (χ0v) is 12.4. The lowest BCUT2D eigenvalue weighted by molar-refractivity contribution is -0.121. The van der Waals surface area contributed by atoms with Gasteiger partial charge in [-0.15, -0.1) is 0 Å². The predicted molar refractivity (Wildman–Crippen MR) is 82.8 cm³/mol. The van der Waals surface area contributed by atoms with Crippen LogP contribution in [0.5, 0.6) is 0 Å². The summed E-state index contributed by atoms with van der Waals surface area (Å²) in [6.45, 7) is 4.12. The third-order valence-corrected chi connectivity index (χ3v) is 4.15. The highest BCUT2D eigenvalue weighted by molar-refractivity contribution is 5.94. The fraction of sp³-hybridized carbons (Fsp3) is 0.562. The molecular weight excluding hydrogens is 250 g/mol. The lowest BCUT2D eigenvalue weighted by atomic mass is 10.1. The van der Waals surface area contributed by atoms with Gasteiger partial charge in [-0.2, -0.15) is 0 Å². The fourth-order valence-corrected chi connectivity index (χ4v) is 2.68. The maximum absolute atomic E-state index is 12.3. The quantitative estimate of drug-likeness (QED) is 0.884. The van der Waals surface area contributed by atoms with Crippen molar-refractivity contribution in [2.24, 2.45) is 0 Å². The first-order valence-corrected chi connectivity index (χ1v) is 7.47. The monoisotopic (exact) mass is 275 g/mol. The summed E-state index contributed by atoms with van der Waals surface area (Å²) in [7, 11) is 2.06. The first-order chi connectivity index (χ1) is 9.68. The number of nitrogens with zero attached hydrogens (tertiary/aromatic N) is 1. The van der Waals surface area contributed by atoms with E-state index in [1.54, 1.807) is 0 Å². The lowest BCUT2D eigenvalue weighted by Gasteiger charge is -2.31. The highest BCUT2D eigenvalue weighted by atomic mass is 16.2. The van der Waals surface area contributed by atoms with Gasteiger partial charge in [0.25, 0.3) is 0 Å². The van der Waals surface area contributed by atoms with E-state index in [2.05, 4.69) is 22.6 Å². The van der Waals surface area contributed by atoms with Gasteiger partial charge >= 0.3 is 0 Å². The molecule has 0 bridgehead atoms. The second-order valence-corrected chi connectivity index (χ2v) is 5.53. The molecule has 4 nitrogen and oxygen atoms in total. The Hall–Kier alpha value is -1.39. The molecule has 20 heavy (non-hydrogen) atoms. The van der Waals surface area contributed by atoms with Crippen LogP contribution in [0, 0.1) is 0 Å². The van der Waals surface area contributed by atoms with E-state index in [9.17, 15) is 4.79 Å². The largest absolute Gasteiger partial charge is 0.325 e. The Labute approximate surface area is 121 Å². The summed E-state index contributed by atoms with van der Waals surface area (Å²) in [5.41, 5.74) is 0.861. The molecule has 1 aromatic rings. The van der Waals surface area contributed by atoms with E-state index in [1.165, 1.54) is 6.42 Å². The molecule has 1 heterocycles. The summed E-state index contributed by atoms with van der Waals surface area (Å²) in [5.74, 6) is 0.0657. The lowest BCUT2D eigenvalue weighted by Crippen LogP contribution is -2.45. The molecule has 2 N–H and O–H groups in total. The second-order valence-electron chi connectivity index (χ2n) is 5.53. The van der Waals surface area contributed by atoms with Gasteiger partial charge in [-0.3, -0.25) is 9.69 Å². The van der Waals surface area contributed by atoms with Crippen LogP contribution in [0.4, 0.5) is 5.69 Å². The molecule has 0 aromatic heterocycles. The van der Waals surface area contributed by atoms with E-state index in [1.807, 2.05) is 37.3 Å². The summed E-state index contributed by atoms with van der Waals surface area (Å²) in [6, 6.07) is 10.0. The Kier molecular flexibility index (Phi) is 5.56. The minimum absolute atomic E-state index is 0.0657. The Morgan fingerprint density at radius 3 is 2.80 bits per heavy atom. The van der Waals surface area contributed by atoms with Gasteiger partial charge in [-0.05, 0) is 58.5 Å². The number of likely N-dealkylation sites (N-methyl/N-ethyl adjacent to an activating group) is 1. The Morgan fingerprint density at radius 1 is 1.30 bits per heavy atom. The molecule has 1 amide bonds. The first-order valence-electron chi connectivity index (χ1n) is 7.47. The number of carbonyl (C=O) groups is 1. The molecule has 1 aliphatic heterocycles. The van der Waals surface area contributed by atoms with Crippen LogP contribution in [0.2, 0.25) is 0 Å². The average molecular weight is 275 g/mol. The molecule has 2 atom stereocenters. The third kappa shape index (κ3) is 4.05. The number of anilines is 1. The van der Waals surface area contributed by atoms with Gasteiger partial charge in [0.2, 0.25) is 5.91 Å². The summed E-state index contributed by atoms with van der Waals surface area (Å²) < 4.78 is 0. The Bertz CT molecular complexity index is 413. The highest BCUT2D eigenvalue weighted by Gasteiger charge is 2.25.